The molecule has 0 fully saturated rings. The Morgan fingerprint density at radius 3 is 1.75 bits per heavy atom. The summed E-state index contributed by atoms with van der Waals surface area (Å²) in [5.41, 5.74) is 1.35. The maximum atomic E-state index is 11.7. The Kier molecular flexibility index (Phi) is 4.37. The second kappa shape index (κ2) is 6.21. The molecule has 0 aliphatic carbocycles. The summed E-state index contributed by atoms with van der Waals surface area (Å²) >= 11 is 3.31. The minimum absolute atomic E-state index is 0.170. The minimum atomic E-state index is -1.00. The van der Waals surface area contributed by atoms with Gasteiger partial charge in [0.15, 0.2) is 0 Å². The van der Waals surface area contributed by atoms with Gasteiger partial charge in [0.1, 0.15) is 0 Å². The van der Waals surface area contributed by atoms with Crippen molar-refractivity contribution in [3.63, 3.8) is 0 Å². The third-order valence-corrected chi connectivity index (χ3v) is 3.02. The lowest BCUT2D eigenvalue weighted by Gasteiger charge is -2.07. The Balaban J connectivity index is 1.97. The molecular formula is C14H11BrN2O3. The number of carboxylic acid groups (broad SMARTS) is 1. The molecule has 2 rings (SSSR count). The van der Waals surface area contributed by atoms with Crippen LogP contribution in [0.15, 0.2) is 53.0 Å². The highest BCUT2D eigenvalue weighted by Crippen LogP contribution is 2.15. The third kappa shape index (κ3) is 3.83. The van der Waals surface area contributed by atoms with Crippen molar-refractivity contribution in [1.82, 2.24) is 0 Å². The van der Waals surface area contributed by atoms with Gasteiger partial charge in [-0.3, -0.25) is 0 Å². The quantitative estimate of drug-likeness (QED) is 0.798. The predicted octanol–water partition coefficient (Wildman–Crippen LogP) is 3.79. The molecule has 102 valence electrons. The summed E-state index contributed by atoms with van der Waals surface area (Å²) in [6.07, 6.45) is 0. The summed E-state index contributed by atoms with van der Waals surface area (Å²) in [6.45, 7) is 0. The van der Waals surface area contributed by atoms with Crippen molar-refractivity contribution in [3.8, 4) is 0 Å². The molecule has 0 aromatic heterocycles. The Bertz CT molecular complexity index is 624. The van der Waals surface area contributed by atoms with Crippen molar-refractivity contribution in [2.45, 2.75) is 0 Å². The van der Waals surface area contributed by atoms with Crippen LogP contribution in [0.2, 0.25) is 0 Å². The van der Waals surface area contributed by atoms with Crippen molar-refractivity contribution < 1.29 is 14.7 Å². The van der Waals surface area contributed by atoms with Crippen molar-refractivity contribution in [3.05, 3.63) is 58.6 Å². The number of halogens is 1. The second-order valence-corrected chi connectivity index (χ2v) is 4.88. The van der Waals surface area contributed by atoms with E-state index in [1.165, 1.54) is 24.3 Å². The van der Waals surface area contributed by atoms with E-state index in [-0.39, 0.29) is 5.56 Å². The average molecular weight is 335 g/mol. The molecule has 0 radical (unpaired) electrons. The fourth-order valence-electron chi connectivity index (χ4n) is 1.52. The van der Waals surface area contributed by atoms with Crippen LogP contribution in [0.4, 0.5) is 16.2 Å². The van der Waals surface area contributed by atoms with Crippen LogP contribution in [-0.2, 0) is 0 Å². The van der Waals surface area contributed by atoms with Gasteiger partial charge < -0.3 is 15.7 Å². The van der Waals surface area contributed by atoms with Gasteiger partial charge in [-0.2, -0.15) is 0 Å². The fraction of sp³-hybridized carbons (Fsp3) is 0. The lowest BCUT2D eigenvalue weighted by atomic mass is 10.2. The van der Waals surface area contributed by atoms with E-state index in [1.54, 1.807) is 12.1 Å². The molecule has 0 saturated heterocycles. The molecule has 5 nitrogen and oxygen atoms in total. The molecule has 2 aromatic rings. The predicted molar refractivity (Wildman–Crippen MR) is 80.2 cm³/mol. The normalized spacial score (nSPS) is 9.85. The summed E-state index contributed by atoms with van der Waals surface area (Å²) < 4.78 is 0.924. The van der Waals surface area contributed by atoms with Crippen LogP contribution in [0.5, 0.6) is 0 Å². The molecule has 0 heterocycles. The number of anilines is 2. The number of amides is 2. The Morgan fingerprint density at radius 1 is 0.850 bits per heavy atom. The standard InChI is InChI=1S/C14H11BrN2O3/c15-10-3-7-12(8-4-10)17-14(20)16-11-5-1-9(2-6-11)13(18)19/h1-8H,(H,18,19)(H2,16,17,20). The van der Waals surface area contributed by atoms with Gasteiger partial charge in [-0.1, -0.05) is 15.9 Å². The summed E-state index contributed by atoms with van der Waals surface area (Å²) in [6, 6.07) is 12.7. The molecule has 3 N–H and O–H groups in total. The first-order valence-electron chi connectivity index (χ1n) is 5.71. The van der Waals surface area contributed by atoms with E-state index in [4.69, 9.17) is 5.11 Å². The number of carbonyl (C=O) groups is 2. The van der Waals surface area contributed by atoms with Crippen LogP contribution in [0, 0.1) is 0 Å². The molecule has 0 unspecified atom stereocenters. The average Bonchev–Trinajstić information content (AvgIpc) is 2.42. The molecule has 0 spiro atoms. The molecule has 0 bridgehead atoms. The SMILES string of the molecule is O=C(Nc1ccc(Br)cc1)Nc1ccc(C(=O)O)cc1. The van der Waals surface area contributed by atoms with Crippen LogP contribution in [0.3, 0.4) is 0 Å². The van der Waals surface area contributed by atoms with E-state index in [9.17, 15) is 9.59 Å². The van der Waals surface area contributed by atoms with Crippen molar-refractivity contribution in [2.24, 2.45) is 0 Å². The maximum Gasteiger partial charge on any atom is 0.335 e. The number of urea groups is 1. The zero-order valence-corrected chi connectivity index (χ0v) is 11.8. The topological polar surface area (TPSA) is 78.4 Å². The maximum absolute atomic E-state index is 11.7. The van der Waals surface area contributed by atoms with Crippen molar-refractivity contribution in [2.75, 3.05) is 10.6 Å². The first kappa shape index (κ1) is 14.1. The van der Waals surface area contributed by atoms with Gasteiger partial charge in [0, 0.05) is 15.8 Å². The summed E-state index contributed by atoms with van der Waals surface area (Å²) in [5, 5.41) is 14.1. The van der Waals surface area contributed by atoms with E-state index in [2.05, 4.69) is 26.6 Å². The van der Waals surface area contributed by atoms with E-state index in [1.807, 2.05) is 12.1 Å². The highest BCUT2D eigenvalue weighted by Gasteiger charge is 2.05. The number of aromatic carboxylic acids is 1. The largest absolute Gasteiger partial charge is 0.478 e. The van der Waals surface area contributed by atoms with E-state index >= 15 is 0 Å². The molecule has 20 heavy (non-hydrogen) atoms. The van der Waals surface area contributed by atoms with Crippen molar-refractivity contribution in [1.29, 1.82) is 0 Å². The van der Waals surface area contributed by atoms with E-state index < -0.39 is 12.0 Å². The van der Waals surface area contributed by atoms with Crippen molar-refractivity contribution >= 4 is 39.3 Å². The number of hydrogen-bond donors (Lipinski definition) is 3. The minimum Gasteiger partial charge on any atom is -0.478 e. The Labute approximate surface area is 123 Å². The van der Waals surface area contributed by atoms with Gasteiger partial charge >= 0.3 is 12.0 Å². The zero-order valence-electron chi connectivity index (χ0n) is 10.3. The molecule has 6 heteroatoms. The first-order valence-corrected chi connectivity index (χ1v) is 6.51. The van der Waals surface area contributed by atoms with Gasteiger partial charge in [0.05, 0.1) is 5.56 Å². The van der Waals surface area contributed by atoms with Crippen LogP contribution in [0.25, 0.3) is 0 Å². The Hall–Kier alpha value is -2.34. The van der Waals surface area contributed by atoms with E-state index in [0.29, 0.717) is 11.4 Å². The molecule has 0 aliphatic heterocycles. The summed E-state index contributed by atoms with van der Waals surface area (Å²) in [5.74, 6) is -1.00. The number of carbonyl (C=O) groups excluding carboxylic acids is 1. The zero-order chi connectivity index (χ0) is 14.5. The van der Waals surface area contributed by atoms with Gasteiger partial charge in [-0.25, -0.2) is 9.59 Å². The van der Waals surface area contributed by atoms with Gasteiger partial charge in [-0.05, 0) is 48.5 Å². The van der Waals surface area contributed by atoms with Crippen LogP contribution >= 0.6 is 15.9 Å². The second-order valence-electron chi connectivity index (χ2n) is 3.97. The highest BCUT2D eigenvalue weighted by atomic mass is 79.9. The lowest BCUT2D eigenvalue weighted by Crippen LogP contribution is -2.19. The molecular weight excluding hydrogens is 324 g/mol. The Morgan fingerprint density at radius 2 is 1.30 bits per heavy atom. The van der Waals surface area contributed by atoms with Crippen LogP contribution < -0.4 is 10.6 Å². The number of carboxylic acids is 1. The molecule has 0 aliphatic rings. The smallest absolute Gasteiger partial charge is 0.335 e. The third-order valence-electron chi connectivity index (χ3n) is 2.49. The van der Waals surface area contributed by atoms with Crippen LogP contribution in [-0.4, -0.2) is 17.1 Å². The van der Waals surface area contributed by atoms with Crippen LogP contribution in [0.1, 0.15) is 10.4 Å². The van der Waals surface area contributed by atoms with E-state index in [0.717, 1.165) is 4.47 Å². The first-order chi connectivity index (χ1) is 9.54. The lowest BCUT2D eigenvalue weighted by molar-refractivity contribution is 0.0697. The van der Waals surface area contributed by atoms with Gasteiger partial charge in [-0.15, -0.1) is 0 Å². The molecule has 2 aromatic carbocycles. The van der Waals surface area contributed by atoms with Gasteiger partial charge in [0.2, 0.25) is 0 Å². The molecule has 0 saturated carbocycles. The molecule has 2 amide bonds. The molecule has 0 atom stereocenters. The highest BCUT2D eigenvalue weighted by molar-refractivity contribution is 9.10. The number of hydrogen-bond acceptors (Lipinski definition) is 2. The van der Waals surface area contributed by atoms with Gasteiger partial charge in [0.25, 0.3) is 0 Å². The fourth-order valence-corrected chi connectivity index (χ4v) is 1.79. The number of benzene rings is 2. The monoisotopic (exact) mass is 334 g/mol. The summed E-state index contributed by atoms with van der Waals surface area (Å²) in [4.78, 5) is 22.4. The number of nitrogens with one attached hydrogen (secondary N) is 2. The number of rotatable bonds is 3. The summed E-state index contributed by atoms with van der Waals surface area (Å²) in [7, 11) is 0.